The molecule has 3 heterocycles. The molecule has 0 bridgehead atoms. The first-order valence-electron chi connectivity index (χ1n) is 12.5. The monoisotopic (exact) mass is 462 g/mol. The van der Waals surface area contributed by atoms with Crippen molar-refractivity contribution in [1.29, 1.82) is 0 Å². The average molecular weight is 463 g/mol. The van der Waals surface area contributed by atoms with Crippen molar-refractivity contribution in [1.82, 2.24) is 20.0 Å². The fourth-order valence-electron chi connectivity index (χ4n) is 5.63. The maximum absolute atomic E-state index is 13.1. The van der Waals surface area contributed by atoms with Crippen LogP contribution in [0.15, 0.2) is 60.7 Å². The van der Waals surface area contributed by atoms with Gasteiger partial charge in [-0.2, -0.15) is 0 Å². The summed E-state index contributed by atoms with van der Waals surface area (Å²) >= 11 is 0. The van der Waals surface area contributed by atoms with Crippen LogP contribution in [0, 0.1) is 0 Å². The lowest BCUT2D eigenvalue weighted by molar-refractivity contribution is 0.0512. The molecule has 1 atom stereocenters. The van der Waals surface area contributed by atoms with E-state index in [1.165, 1.54) is 32.4 Å². The highest BCUT2D eigenvalue weighted by Gasteiger charge is 2.58. The number of carbonyl (C=O) groups is 2. The van der Waals surface area contributed by atoms with E-state index in [0.29, 0.717) is 26.2 Å². The van der Waals surface area contributed by atoms with Gasteiger partial charge in [0.15, 0.2) is 5.60 Å². The zero-order valence-electron chi connectivity index (χ0n) is 19.7. The molecule has 3 aliphatic heterocycles. The van der Waals surface area contributed by atoms with Gasteiger partial charge in [0.25, 0.3) is 0 Å². The molecule has 5 rings (SSSR count). The van der Waals surface area contributed by atoms with Crippen LogP contribution in [0.1, 0.15) is 36.8 Å². The van der Waals surface area contributed by atoms with Crippen LogP contribution in [-0.4, -0.2) is 78.7 Å². The number of nitrogens with one attached hydrogen (secondary N) is 1. The molecule has 7 heteroatoms. The molecule has 180 valence electrons. The Hall–Kier alpha value is -3.06. The molecule has 3 saturated heterocycles. The van der Waals surface area contributed by atoms with Crippen LogP contribution >= 0.6 is 0 Å². The number of fused-ring (bicyclic) bond motifs is 1. The molecule has 3 aliphatic rings. The zero-order chi connectivity index (χ0) is 23.4. The van der Waals surface area contributed by atoms with Crippen molar-refractivity contribution in [3.05, 3.63) is 71.8 Å². The number of nitrogens with zero attached hydrogens (tertiary/aromatic N) is 3. The Bertz CT molecular complexity index is 938. The maximum Gasteiger partial charge on any atom is 0.411 e. The Morgan fingerprint density at radius 1 is 0.912 bits per heavy atom. The number of piperidine rings is 1. The second-order valence-electron chi connectivity index (χ2n) is 9.48. The van der Waals surface area contributed by atoms with E-state index in [1.54, 1.807) is 4.90 Å². The molecule has 0 saturated carbocycles. The summed E-state index contributed by atoms with van der Waals surface area (Å²) in [7, 11) is 0. The number of hydrogen-bond donors (Lipinski definition) is 1. The molecule has 2 aromatic carbocycles. The fourth-order valence-corrected chi connectivity index (χ4v) is 5.63. The third-order valence-corrected chi connectivity index (χ3v) is 7.40. The minimum absolute atomic E-state index is 0.0623. The highest BCUT2D eigenvalue weighted by atomic mass is 16.6. The Morgan fingerprint density at radius 2 is 1.56 bits per heavy atom. The lowest BCUT2D eigenvalue weighted by atomic mass is 9.79. The fraction of sp³-hybridized carbons (Fsp3) is 0.481. The molecule has 34 heavy (non-hydrogen) atoms. The Kier molecular flexibility index (Phi) is 6.72. The van der Waals surface area contributed by atoms with Crippen LogP contribution in [0.4, 0.5) is 9.59 Å². The van der Waals surface area contributed by atoms with Crippen LogP contribution in [0.25, 0.3) is 0 Å². The van der Waals surface area contributed by atoms with Gasteiger partial charge in [0.1, 0.15) is 6.04 Å². The number of urea groups is 1. The van der Waals surface area contributed by atoms with E-state index in [-0.39, 0.29) is 18.2 Å². The average Bonchev–Trinajstić information content (AvgIpc) is 3.21. The summed E-state index contributed by atoms with van der Waals surface area (Å²) in [5.41, 5.74) is 0.893. The van der Waals surface area contributed by atoms with E-state index in [2.05, 4.69) is 10.2 Å². The number of hydrogen-bond acceptors (Lipinski definition) is 4. The number of rotatable bonds is 6. The lowest BCUT2D eigenvalue weighted by Crippen LogP contribution is -2.60. The number of amides is 3. The van der Waals surface area contributed by atoms with Crippen molar-refractivity contribution in [3.63, 3.8) is 0 Å². The predicted octanol–water partition coefficient (Wildman–Crippen LogP) is 3.65. The summed E-state index contributed by atoms with van der Waals surface area (Å²) in [6, 6.07) is 19.4. The zero-order valence-corrected chi connectivity index (χ0v) is 19.7. The third-order valence-electron chi connectivity index (χ3n) is 7.40. The Labute approximate surface area is 201 Å². The Balaban J connectivity index is 1.30. The summed E-state index contributed by atoms with van der Waals surface area (Å²) in [6.07, 6.45) is 4.53. The van der Waals surface area contributed by atoms with Gasteiger partial charge in [0, 0.05) is 37.3 Å². The minimum Gasteiger partial charge on any atom is -0.431 e. The predicted molar refractivity (Wildman–Crippen MR) is 131 cm³/mol. The molecule has 3 fully saturated rings. The van der Waals surface area contributed by atoms with Gasteiger partial charge >= 0.3 is 12.1 Å². The number of piperazine rings is 1. The first-order chi connectivity index (χ1) is 16.7. The van der Waals surface area contributed by atoms with Crippen molar-refractivity contribution >= 4 is 12.1 Å². The summed E-state index contributed by atoms with van der Waals surface area (Å²) in [4.78, 5) is 32.2. The molecule has 0 radical (unpaired) electrons. The van der Waals surface area contributed by atoms with Gasteiger partial charge in [0.2, 0.25) is 0 Å². The molecule has 2 aromatic rings. The molecule has 1 unspecified atom stereocenters. The molecule has 7 nitrogen and oxygen atoms in total. The van der Waals surface area contributed by atoms with Crippen LogP contribution in [-0.2, 0) is 10.3 Å². The van der Waals surface area contributed by atoms with Crippen molar-refractivity contribution in [2.75, 3.05) is 45.8 Å². The smallest absolute Gasteiger partial charge is 0.411 e. The lowest BCUT2D eigenvalue weighted by Gasteiger charge is -2.42. The van der Waals surface area contributed by atoms with Crippen LogP contribution in [0.2, 0.25) is 0 Å². The van der Waals surface area contributed by atoms with Gasteiger partial charge in [-0.3, -0.25) is 4.90 Å². The van der Waals surface area contributed by atoms with E-state index in [4.69, 9.17) is 4.74 Å². The maximum atomic E-state index is 13.1. The van der Waals surface area contributed by atoms with Gasteiger partial charge in [-0.1, -0.05) is 67.1 Å². The number of benzene rings is 2. The standard InChI is InChI=1S/C27H34N4O3/c32-25(28-15-10-18-29-16-8-3-9-17-29)30-19-20-31-24(21-30)27(34-26(31)33,22-11-4-1-5-12-22)23-13-6-2-7-14-23/h1-2,4-7,11-14,24H,3,8-10,15-21H2,(H,28,32). The van der Waals surface area contributed by atoms with Crippen LogP contribution in [0.5, 0.6) is 0 Å². The van der Waals surface area contributed by atoms with Gasteiger partial charge in [-0.25, -0.2) is 9.59 Å². The normalized spacial score (nSPS) is 22.2. The van der Waals surface area contributed by atoms with Crippen molar-refractivity contribution in [2.24, 2.45) is 0 Å². The van der Waals surface area contributed by atoms with E-state index < -0.39 is 5.60 Å². The quantitative estimate of drug-likeness (QED) is 0.666. The van der Waals surface area contributed by atoms with Crippen LogP contribution < -0.4 is 5.32 Å². The van der Waals surface area contributed by atoms with Gasteiger partial charge < -0.3 is 19.9 Å². The first kappa shape index (κ1) is 22.7. The van der Waals surface area contributed by atoms with Gasteiger partial charge in [-0.05, 0) is 38.9 Å². The van der Waals surface area contributed by atoms with Crippen LogP contribution in [0.3, 0.4) is 0 Å². The first-order valence-corrected chi connectivity index (χ1v) is 12.5. The summed E-state index contributed by atoms with van der Waals surface area (Å²) in [5, 5.41) is 3.11. The van der Waals surface area contributed by atoms with Crippen molar-refractivity contribution in [3.8, 4) is 0 Å². The Morgan fingerprint density at radius 3 is 2.21 bits per heavy atom. The van der Waals surface area contributed by atoms with Crippen molar-refractivity contribution < 1.29 is 14.3 Å². The van der Waals surface area contributed by atoms with Gasteiger partial charge in [-0.15, -0.1) is 0 Å². The summed E-state index contributed by atoms with van der Waals surface area (Å²) in [5.74, 6) is 0. The number of carbonyl (C=O) groups excluding carboxylic acids is 2. The molecular weight excluding hydrogens is 428 g/mol. The molecule has 1 N–H and O–H groups in total. The topological polar surface area (TPSA) is 65.1 Å². The second kappa shape index (κ2) is 10.1. The number of cyclic esters (lactones) is 1. The minimum atomic E-state index is -0.952. The van der Waals surface area contributed by atoms with Crippen molar-refractivity contribution in [2.45, 2.75) is 37.3 Å². The largest absolute Gasteiger partial charge is 0.431 e. The highest BCUT2D eigenvalue weighted by Crippen LogP contribution is 2.45. The van der Waals surface area contributed by atoms with E-state index in [1.807, 2.05) is 65.6 Å². The van der Waals surface area contributed by atoms with E-state index in [9.17, 15) is 9.59 Å². The third kappa shape index (κ3) is 4.37. The molecule has 3 amide bonds. The van der Waals surface area contributed by atoms with E-state index in [0.717, 1.165) is 24.1 Å². The SMILES string of the molecule is O=C(NCCCN1CCCCC1)N1CCN2C(=O)OC(c3ccccc3)(c3ccccc3)C2C1. The summed E-state index contributed by atoms with van der Waals surface area (Å²) < 4.78 is 6.18. The second-order valence-corrected chi connectivity index (χ2v) is 9.48. The molecular formula is C27H34N4O3. The van der Waals surface area contributed by atoms with Gasteiger partial charge in [0.05, 0.1) is 0 Å². The van der Waals surface area contributed by atoms with E-state index >= 15 is 0 Å². The highest BCUT2D eigenvalue weighted by molar-refractivity contribution is 5.77. The number of likely N-dealkylation sites (tertiary alicyclic amines) is 1. The molecule has 0 spiro atoms. The summed E-state index contributed by atoms with van der Waals surface area (Å²) in [6.45, 7) is 5.43. The molecule has 0 aromatic heterocycles. The number of ether oxygens (including phenoxy) is 1. The molecule has 0 aliphatic carbocycles.